The molecule has 0 heterocycles. The van der Waals surface area contributed by atoms with E-state index in [1.165, 1.54) is 89.5 Å². The van der Waals surface area contributed by atoms with Gasteiger partial charge in [0.1, 0.15) is 11.3 Å². The van der Waals surface area contributed by atoms with E-state index in [9.17, 15) is 9.90 Å². The van der Waals surface area contributed by atoms with Crippen LogP contribution in [0.4, 0.5) is 0 Å². The number of aromatic hydroxyl groups is 1. The van der Waals surface area contributed by atoms with Gasteiger partial charge in [0.2, 0.25) is 0 Å². The molecule has 0 bridgehead atoms. The molecule has 3 heteroatoms. The molecule has 0 aliphatic heterocycles. The van der Waals surface area contributed by atoms with Crippen molar-refractivity contribution in [3.05, 3.63) is 29.3 Å². The van der Waals surface area contributed by atoms with E-state index in [4.69, 9.17) is 5.11 Å². The minimum absolute atomic E-state index is 0.00783. The van der Waals surface area contributed by atoms with E-state index in [1.807, 2.05) is 6.07 Å². The van der Waals surface area contributed by atoms with Gasteiger partial charge in [0.15, 0.2) is 0 Å². The Morgan fingerprint density at radius 3 is 1.63 bits per heavy atom. The summed E-state index contributed by atoms with van der Waals surface area (Å²) in [4.78, 5) is 11.0. The second kappa shape index (κ2) is 15.5. The lowest BCUT2D eigenvalue weighted by molar-refractivity contribution is 0.0693. The van der Waals surface area contributed by atoms with Gasteiger partial charge in [0, 0.05) is 0 Å². The zero-order valence-corrected chi connectivity index (χ0v) is 17.3. The van der Waals surface area contributed by atoms with Crippen molar-refractivity contribution in [2.45, 2.75) is 110 Å². The Labute approximate surface area is 166 Å². The summed E-state index contributed by atoms with van der Waals surface area (Å²) in [5.41, 5.74) is 0.762. The molecule has 0 aliphatic carbocycles. The molecular weight excluding hydrogens is 336 g/mol. The van der Waals surface area contributed by atoms with Crippen LogP contribution in [0.5, 0.6) is 5.75 Å². The first-order valence-electron chi connectivity index (χ1n) is 11.2. The summed E-state index contributed by atoms with van der Waals surface area (Å²) in [7, 11) is 0. The van der Waals surface area contributed by atoms with Gasteiger partial charge in [-0.2, -0.15) is 0 Å². The van der Waals surface area contributed by atoms with E-state index in [0.717, 1.165) is 24.8 Å². The number of carboxylic acids is 1. The van der Waals surface area contributed by atoms with Crippen LogP contribution in [0, 0.1) is 0 Å². The summed E-state index contributed by atoms with van der Waals surface area (Å²) < 4.78 is 0. The molecule has 0 aliphatic rings. The smallest absolute Gasteiger partial charge is 0.339 e. The standard InChI is InChI=1S/C24H40O3/c1-2-3-4-5-6-7-8-9-10-11-12-13-14-15-16-18-21-19-17-20-22(23(21)25)24(26)27/h17,19-20,25H,2-16,18H2,1H3,(H,26,27). The number of carboxylic acid groups (broad SMARTS) is 1. The molecule has 1 aromatic carbocycles. The number of unbranched alkanes of at least 4 members (excludes halogenated alkanes) is 14. The first-order chi connectivity index (χ1) is 13.2. The number of phenols is 1. The summed E-state index contributed by atoms with van der Waals surface area (Å²) in [6, 6.07) is 4.99. The summed E-state index contributed by atoms with van der Waals surface area (Å²) in [6.07, 6.45) is 20.7. The molecule has 0 aromatic heterocycles. The molecule has 0 atom stereocenters. The Hall–Kier alpha value is -1.51. The van der Waals surface area contributed by atoms with Crippen molar-refractivity contribution in [2.24, 2.45) is 0 Å². The lowest BCUT2D eigenvalue weighted by Gasteiger charge is -2.07. The third-order valence-electron chi connectivity index (χ3n) is 5.40. The van der Waals surface area contributed by atoms with E-state index in [-0.39, 0.29) is 11.3 Å². The highest BCUT2D eigenvalue weighted by molar-refractivity contribution is 5.91. The lowest BCUT2D eigenvalue weighted by atomic mass is 10.0. The van der Waals surface area contributed by atoms with Crippen molar-refractivity contribution >= 4 is 5.97 Å². The Balaban J connectivity index is 1.92. The summed E-state index contributed by atoms with van der Waals surface area (Å²) >= 11 is 0. The van der Waals surface area contributed by atoms with Crippen molar-refractivity contribution in [1.82, 2.24) is 0 Å². The molecule has 0 unspecified atom stereocenters. The van der Waals surface area contributed by atoms with E-state index >= 15 is 0 Å². The van der Waals surface area contributed by atoms with E-state index < -0.39 is 5.97 Å². The maximum Gasteiger partial charge on any atom is 0.339 e. The van der Waals surface area contributed by atoms with Gasteiger partial charge in [-0.15, -0.1) is 0 Å². The molecule has 0 saturated heterocycles. The monoisotopic (exact) mass is 376 g/mol. The second-order valence-electron chi connectivity index (χ2n) is 7.82. The number of carbonyl (C=O) groups is 1. The van der Waals surface area contributed by atoms with Crippen LogP contribution in [0.25, 0.3) is 0 Å². The zero-order valence-electron chi connectivity index (χ0n) is 17.3. The summed E-state index contributed by atoms with van der Waals surface area (Å²) in [5.74, 6) is -1.12. The van der Waals surface area contributed by atoms with Gasteiger partial charge in [0.25, 0.3) is 0 Å². The minimum Gasteiger partial charge on any atom is -0.507 e. The van der Waals surface area contributed by atoms with Crippen LogP contribution in [0.2, 0.25) is 0 Å². The predicted molar refractivity (Wildman–Crippen MR) is 114 cm³/mol. The average molecular weight is 377 g/mol. The summed E-state index contributed by atoms with van der Waals surface area (Å²) in [5, 5.41) is 19.0. The zero-order chi connectivity index (χ0) is 19.7. The molecule has 0 saturated carbocycles. The normalized spacial score (nSPS) is 11.0. The molecule has 1 aromatic rings. The molecular formula is C24H40O3. The molecule has 0 fully saturated rings. The van der Waals surface area contributed by atoms with Gasteiger partial charge in [-0.25, -0.2) is 4.79 Å². The van der Waals surface area contributed by atoms with Crippen molar-refractivity contribution in [2.75, 3.05) is 0 Å². The Kier molecular flexibility index (Phi) is 13.5. The van der Waals surface area contributed by atoms with Crippen molar-refractivity contribution in [1.29, 1.82) is 0 Å². The van der Waals surface area contributed by atoms with Crippen LogP contribution in [0.15, 0.2) is 18.2 Å². The quantitative estimate of drug-likeness (QED) is 0.277. The Morgan fingerprint density at radius 2 is 1.19 bits per heavy atom. The highest BCUT2D eigenvalue weighted by Gasteiger charge is 2.12. The molecule has 0 amide bonds. The topological polar surface area (TPSA) is 57.5 Å². The molecule has 0 spiro atoms. The van der Waals surface area contributed by atoms with E-state index in [0.29, 0.717) is 0 Å². The van der Waals surface area contributed by atoms with Gasteiger partial charge in [-0.05, 0) is 24.5 Å². The molecule has 1 rings (SSSR count). The van der Waals surface area contributed by atoms with Crippen LogP contribution in [0.3, 0.4) is 0 Å². The van der Waals surface area contributed by atoms with Crippen molar-refractivity contribution in [3.8, 4) is 5.75 Å². The number of rotatable bonds is 17. The first-order valence-corrected chi connectivity index (χ1v) is 11.2. The van der Waals surface area contributed by atoms with Gasteiger partial charge in [-0.1, -0.05) is 109 Å². The highest BCUT2D eigenvalue weighted by Crippen LogP contribution is 2.24. The van der Waals surface area contributed by atoms with Crippen molar-refractivity contribution < 1.29 is 15.0 Å². The molecule has 154 valence electrons. The first kappa shape index (κ1) is 23.5. The van der Waals surface area contributed by atoms with Crippen LogP contribution in [-0.4, -0.2) is 16.2 Å². The maximum absolute atomic E-state index is 11.0. The number of benzene rings is 1. The fourth-order valence-corrected chi connectivity index (χ4v) is 3.65. The maximum atomic E-state index is 11.0. The largest absolute Gasteiger partial charge is 0.507 e. The number of hydrogen-bond acceptors (Lipinski definition) is 2. The number of para-hydroxylation sites is 1. The average Bonchev–Trinajstić information content (AvgIpc) is 2.65. The van der Waals surface area contributed by atoms with Gasteiger partial charge >= 0.3 is 5.97 Å². The van der Waals surface area contributed by atoms with Gasteiger partial charge in [0.05, 0.1) is 0 Å². The molecule has 27 heavy (non-hydrogen) atoms. The van der Waals surface area contributed by atoms with Crippen LogP contribution >= 0.6 is 0 Å². The number of hydrogen-bond donors (Lipinski definition) is 2. The van der Waals surface area contributed by atoms with Crippen LogP contribution in [-0.2, 0) is 6.42 Å². The molecule has 3 nitrogen and oxygen atoms in total. The van der Waals surface area contributed by atoms with Gasteiger partial charge < -0.3 is 10.2 Å². The van der Waals surface area contributed by atoms with Gasteiger partial charge in [-0.3, -0.25) is 0 Å². The fourth-order valence-electron chi connectivity index (χ4n) is 3.65. The molecule has 0 radical (unpaired) electrons. The predicted octanol–water partition coefficient (Wildman–Crippen LogP) is 7.50. The fraction of sp³-hybridized carbons (Fsp3) is 0.708. The van der Waals surface area contributed by atoms with E-state index in [1.54, 1.807) is 6.07 Å². The SMILES string of the molecule is CCCCCCCCCCCCCCCCCc1cccc(C(=O)O)c1O. The second-order valence-corrected chi connectivity index (χ2v) is 7.82. The Bertz CT molecular complexity index is 510. The summed E-state index contributed by atoms with van der Waals surface area (Å²) in [6.45, 7) is 2.27. The van der Waals surface area contributed by atoms with E-state index in [2.05, 4.69) is 6.92 Å². The third-order valence-corrected chi connectivity index (χ3v) is 5.40. The third kappa shape index (κ3) is 11.0. The van der Waals surface area contributed by atoms with Crippen LogP contribution in [0.1, 0.15) is 119 Å². The van der Waals surface area contributed by atoms with Crippen molar-refractivity contribution in [3.63, 3.8) is 0 Å². The lowest BCUT2D eigenvalue weighted by Crippen LogP contribution is -1.99. The number of aryl methyl sites for hydroxylation is 1. The minimum atomic E-state index is -1.06. The molecule has 2 N–H and O–H groups in total. The number of aromatic carboxylic acids is 1. The Morgan fingerprint density at radius 1 is 0.741 bits per heavy atom. The highest BCUT2D eigenvalue weighted by atomic mass is 16.4. The van der Waals surface area contributed by atoms with Crippen LogP contribution < -0.4 is 0 Å².